The molecule has 0 radical (unpaired) electrons. The highest BCUT2D eigenvalue weighted by molar-refractivity contribution is 7.99. The van der Waals surface area contributed by atoms with Crippen LogP contribution in [-0.2, 0) is 0 Å². The number of rotatable bonds is 3. The van der Waals surface area contributed by atoms with E-state index in [0.29, 0.717) is 5.41 Å². The molecule has 1 saturated carbocycles. The monoisotopic (exact) mass is 228 g/mol. The van der Waals surface area contributed by atoms with Crippen molar-refractivity contribution in [2.75, 3.05) is 5.75 Å². The maximum absolute atomic E-state index is 2.42. The van der Waals surface area contributed by atoms with Gasteiger partial charge in [-0.05, 0) is 35.8 Å². The smallest absolute Gasteiger partial charge is 0.00804 e. The zero-order valence-electron chi connectivity index (χ0n) is 11.2. The standard InChI is InChI=1S/C14H28S/c1-11(2)10-15-13-9-7-6-8-12(13)14(3,4)5/h11-13H,6-10H2,1-5H3. The van der Waals surface area contributed by atoms with E-state index in [0.717, 1.165) is 17.1 Å². The van der Waals surface area contributed by atoms with Crippen LogP contribution in [0.5, 0.6) is 0 Å². The minimum absolute atomic E-state index is 0.509. The highest BCUT2D eigenvalue weighted by atomic mass is 32.2. The Morgan fingerprint density at radius 1 is 1.13 bits per heavy atom. The second kappa shape index (κ2) is 5.61. The van der Waals surface area contributed by atoms with Gasteiger partial charge in [0.2, 0.25) is 0 Å². The van der Waals surface area contributed by atoms with Gasteiger partial charge < -0.3 is 0 Å². The van der Waals surface area contributed by atoms with Gasteiger partial charge >= 0.3 is 0 Å². The minimum Gasteiger partial charge on any atom is -0.158 e. The van der Waals surface area contributed by atoms with Crippen LogP contribution in [0.15, 0.2) is 0 Å². The van der Waals surface area contributed by atoms with E-state index >= 15 is 0 Å². The molecule has 0 nitrogen and oxygen atoms in total. The Bertz CT molecular complexity index is 178. The highest BCUT2D eigenvalue weighted by Crippen LogP contribution is 2.43. The van der Waals surface area contributed by atoms with Crippen LogP contribution < -0.4 is 0 Å². The van der Waals surface area contributed by atoms with Crippen molar-refractivity contribution in [3.63, 3.8) is 0 Å². The number of hydrogen-bond donors (Lipinski definition) is 0. The summed E-state index contributed by atoms with van der Waals surface area (Å²) in [4.78, 5) is 0. The average molecular weight is 228 g/mol. The lowest BCUT2D eigenvalue weighted by Crippen LogP contribution is -2.33. The summed E-state index contributed by atoms with van der Waals surface area (Å²) >= 11 is 2.24. The van der Waals surface area contributed by atoms with E-state index in [1.807, 2.05) is 0 Å². The molecule has 0 heterocycles. The van der Waals surface area contributed by atoms with Crippen LogP contribution in [-0.4, -0.2) is 11.0 Å². The van der Waals surface area contributed by atoms with Crippen molar-refractivity contribution < 1.29 is 0 Å². The molecule has 0 amide bonds. The summed E-state index contributed by atoms with van der Waals surface area (Å²) in [5.74, 6) is 3.13. The largest absolute Gasteiger partial charge is 0.158 e. The average Bonchev–Trinajstić information content (AvgIpc) is 2.13. The molecule has 2 atom stereocenters. The van der Waals surface area contributed by atoms with Gasteiger partial charge in [-0.3, -0.25) is 0 Å². The maximum atomic E-state index is 2.42. The molecule has 15 heavy (non-hydrogen) atoms. The molecule has 0 aliphatic heterocycles. The Morgan fingerprint density at radius 2 is 1.73 bits per heavy atom. The maximum Gasteiger partial charge on any atom is 0.00804 e. The van der Waals surface area contributed by atoms with E-state index in [9.17, 15) is 0 Å². The molecule has 0 aromatic rings. The fourth-order valence-corrected chi connectivity index (χ4v) is 4.35. The molecular formula is C14H28S. The molecule has 0 aromatic carbocycles. The fourth-order valence-electron chi connectivity index (χ4n) is 2.60. The van der Waals surface area contributed by atoms with E-state index in [1.54, 1.807) is 0 Å². The summed E-state index contributed by atoms with van der Waals surface area (Å²) in [6.45, 7) is 11.9. The SMILES string of the molecule is CC(C)CSC1CCCCC1C(C)(C)C. The molecule has 0 bridgehead atoms. The van der Waals surface area contributed by atoms with E-state index in [4.69, 9.17) is 0 Å². The van der Waals surface area contributed by atoms with Crippen LogP contribution in [0.4, 0.5) is 0 Å². The van der Waals surface area contributed by atoms with E-state index in [2.05, 4.69) is 46.4 Å². The van der Waals surface area contributed by atoms with Crippen LogP contribution in [0, 0.1) is 17.3 Å². The van der Waals surface area contributed by atoms with Crippen molar-refractivity contribution in [1.29, 1.82) is 0 Å². The first kappa shape index (κ1) is 13.4. The van der Waals surface area contributed by atoms with Crippen LogP contribution in [0.25, 0.3) is 0 Å². The van der Waals surface area contributed by atoms with Crippen molar-refractivity contribution in [3.8, 4) is 0 Å². The van der Waals surface area contributed by atoms with Crippen molar-refractivity contribution in [3.05, 3.63) is 0 Å². The van der Waals surface area contributed by atoms with Crippen molar-refractivity contribution in [2.45, 2.75) is 65.6 Å². The van der Waals surface area contributed by atoms with Gasteiger partial charge in [0.15, 0.2) is 0 Å². The first-order valence-corrected chi connectivity index (χ1v) is 7.57. The lowest BCUT2D eigenvalue weighted by Gasteiger charge is -2.40. The normalized spacial score (nSPS) is 28.4. The van der Waals surface area contributed by atoms with Gasteiger partial charge in [-0.15, -0.1) is 0 Å². The molecule has 0 spiro atoms. The van der Waals surface area contributed by atoms with Crippen LogP contribution in [0.2, 0.25) is 0 Å². The Labute approximate surface area is 101 Å². The third-order valence-electron chi connectivity index (χ3n) is 3.46. The van der Waals surface area contributed by atoms with Crippen molar-refractivity contribution in [1.82, 2.24) is 0 Å². The lowest BCUT2D eigenvalue weighted by molar-refractivity contribution is 0.187. The molecule has 1 heteroatoms. The Kier molecular flexibility index (Phi) is 5.02. The molecular weight excluding hydrogens is 200 g/mol. The molecule has 1 aliphatic carbocycles. The molecule has 1 fully saturated rings. The second-order valence-electron chi connectivity index (χ2n) is 6.52. The quantitative estimate of drug-likeness (QED) is 0.656. The topological polar surface area (TPSA) is 0 Å². The third-order valence-corrected chi connectivity index (χ3v) is 5.31. The van der Waals surface area contributed by atoms with Gasteiger partial charge in [-0.2, -0.15) is 11.8 Å². The zero-order chi connectivity index (χ0) is 11.5. The van der Waals surface area contributed by atoms with E-state index in [1.165, 1.54) is 31.4 Å². The van der Waals surface area contributed by atoms with Gasteiger partial charge in [0.1, 0.15) is 0 Å². The van der Waals surface area contributed by atoms with Gasteiger partial charge in [0.25, 0.3) is 0 Å². The molecule has 1 rings (SSSR count). The van der Waals surface area contributed by atoms with Crippen LogP contribution >= 0.6 is 11.8 Å². The molecule has 1 aliphatic rings. The molecule has 0 aromatic heterocycles. The Hall–Kier alpha value is 0.350. The van der Waals surface area contributed by atoms with E-state index < -0.39 is 0 Å². The summed E-state index contributed by atoms with van der Waals surface area (Å²) in [7, 11) is 0. The second-order valence-corrected chi connectivity index (χ2v) is 7.79. The molecule has 0 saturated heterocycles. The molecule has 90 valence electrons. The molecule has 0 N–H and O–H groups in total. The van der Waals surface area contributed by atoms with Crippen LogP contribution in [0.3, 0.4) is 0 Å². The highest BCUT2D eigenvalue weighted by Gasteiger charge is 2.34. The summed E-state index contributed by atoms with van der Waals surface area (Å²) in [6.07, 6.45) is 5.83. The summed E-state index contributed by atoms with van der Waals surface area (Å²) in [5, 5.41) is 0.932. The lowest BCUT2D eigenvalue weighted by atomic mass is 9.72. The third kappa shape index (κ3) is 4.38. The predicted octanol–water partition coefficient (Wildman–Crippen LogP) is 4.98. The number of hydrogen-bond acceptors (Lipinski definition) is 1. The van der Waals surface area contributed by atoms with Crippen molar-refractivity contribution >= 4 is 11.8 Å². The summed E-state index contributed by atoms with van der Waals surface area (Å²) in [6, 6.07) is 0. The van der Waals surface area contributed by atoms with Gasteiger partial charge in [0, 0.05) is 5.25 Å². The first-order valence-electron chi connectivity index (χ1n) is 6.53. The predicted molar refractivity (Wildman–Crippen MR) is 72.5 cm³/mol. The van der Waals surface area contributed by atoms with Gasteiger partial charge in [0.05, 0.1) is 0 Å². The Balaban J connectivity index is 2.50. The minimum atomic E-state index is 0.509. The Morgan fingerprint density at radius 3 is 2.27 bits per heavy atom. The zero-order valence-corrected chi connectivity index (χ0v) is 12.0. The summed E-state index contributed by atoms with van der Waals surface area (Å²) in [5.41, 5.74) is 0.509. The van der Waals surface area contributed by atoms with E-state index in [-0.39, 0.29) is 0 Å². The summed E-state index contributed by atoms with van der Waals surface area (Å²) < 4.78 is 0. The number of thioether (sulfide) groups is 1. The fraction of sp³-hybridized carbons (Fsp3) is 1.00. The first-order chi connectivity index (χ1) is 6.91. The van der Waals surface area contributed by atoms with Gasteiger partial charge in [-0.1, -0.05) is 47.5 Å². The molecule has 2 unspecified atom stereocenters. The van der Waals surface area contributed by atoms with Crippen LogP contribution in [0.1, 0.15) is 60.3 Å². The van der Waals surface area contributed by atoms with Crippen molar-refractivity contribution in [2.24, 2.45) is 17.3 Å². The van der Waals surface area contributed by atoms with Gasteiger partial charge in [-0.25, -0.2) is 0 Å².